The van der Waals surface area contributed by atoms with Crippen LogP contribution in [-0.4, -0.2) is 23.8 Å². The van der Waals surface area contributed by atoms with Crippen molar-refractivity contribution >= 4 is 5.97 Å². The lowest BCUT2D eigenvalue weighted by atomic mass is 10.0. The summed E-state index contributed by atoms with van der Waals surface area (Å²) in [7, 11) is 0. The third-order valence-electron chi connectivity index (χ3n) is 2.26. The maximum Gasteiger partial charge on any atom is 0.334 e. The van der Waals surface area contributed by atoms with Gasteiger partial charge in [0.05, 0.1) is 6.61 Å². The number of rotatable bonds is 8. The molecule has 0 amide bonds. The number of hydrogen-bond acceptors (Lipinski definition) is 3. The molecule has 1 atom stereocenters. The molecular formula is C12H24O3. The molecule has 3 nitrogen and oxygen atoms in total. The molecule has 0 radical (unpaired) electrons. The molecule has 1 N–H and O–H groups in total. The molecule has 0 aliphatic rings. The van der Waals surface area contributed by atoms with Crippen LogP contribution in [0.15, 0.2) is 0 Å². The van der Waals surface area contributed by atoms with Gasteiger partial charge in [-0.3, -0.25) is 0 Å². The van der Waals surface area contributed by atoms with E-state index in [2.05, 4.69) is 13.8 Å². The minimum absolute atomic E-state index is 0.436. The number of ether oxygens (including phenoxy) is 1. The zero-order valence-corrected chi connectivity index (χ0v) is 10.2. The molecule has 0 bridgehead atoms. The van der Waals surface area contributed by atoms with Crippen molar-refractivity contribution < 1.29 is 14.6 Å². The van der Waals surface area contributed by atoms with Gasteiger partial charge in [-0.15, -0.1) is 0 Å². The summed E-state index contributed by atoms with van der Waals surface area (Å²) in [4.78, 5) is 10.8. The Morgan fingerprint density at radius 1 is 1.13 bits per heavy atom. The molecule has 0 saturated carbocycles. The van der Waals surface area contributed by atoms with Crippen molar-refractivity contribution in [2.75, 3.05) is 6.61 Å². The Kier molecular flexibility index (Phi) is 8.38. The van der Waals surface area contributed by atoms with E-state index >= 15 is 0 Å². The summed E-state index contributed by atoms with van der Waals surface area (Å²) in [5, 5.41) is 8.85. The predicted octanol–water partition coefficient (Wildman–Crippen LogP) is 2.52. The lowest BCUT2D eigenvalue weighted by molar-refractivity contribution is -0.152. The SMILES string of the molecule is CC(C)CCCCCCOC(=O)C(C)O. The molecule has 1 unspecified atom stereocenters. The van der Waals surface area contributed by atoms with Gasteiger partial charge in [0, 0.05) is 0 Å². The van der Waals surface area contributed by atoms with Crippen LogP contribution in [0.2, 0.25) is 0 Å². The second-order valence-electron chi connectivity index (χ2n) is 4.44. The quantitative estimate of drug-likeness (QED) is 0.501. The van der Waals surface area contributed by atoms with Crippen LogP contribution in [0.25, 0.3) is 0 Å². The van der Waals surface area contributed by atoms with Crippen LogP contribution < -0.4 is 0 Å². The van der Waals surface area contributed by atoms with Gasteiger partial charge in [0.15, 0.2) is 0 Å². The first kappa shape index (κ1) is 14.4. The average molecular weight is 216 g/mol. The van der Waals surface area contributed by atoms with E-state index in [9.17, 15) is 4.79 Å². The Hall–Kier alpha value is -0.570. The highest BCUT2D eigenvalue weighted by molar-refractivity contribution is 5.73. The molecule has 0 fully saturated rings. The Balaban J connectivity index is 3.15. The van der Waals surface area contributed by atoms with Gasteiger partial charge in [0.1, 0.15) is 6.10 Å². The van der Waals surface area contributed by atoms with E-state index in [1.165, 1.54) is 26.2 Å². The second-order valence-corrected chi connectivity index (χ2v) is 4.44. The van der Waals surface area contributed by atoms with E-state index in [1.54, 1.807) is 0 Å². The minimum atomic E-state index is -0.994. The molecule has 0 aliphatic heterocycles. The molecule has 90 valence electrons. The number of carbonyl (C=O) groups is 1. The fourth-order valence-electron chi connectivity index (χ4n) is 1.30. The van der Waals surface area contributed by atoms with Gasteiger partial charge in [-0.1, -0.05) is 39.5 Å². The number of carbonyl (C=O) groups excluding carboxylic acids is 1. The molecule has 0 rings (SSSR count). The van der Waals surface area contributed by atoms with E-state index in [-0.39, 0.29) is 0 Å². The van der Waals surface area contributed by atoms with Crippen molar-refractivity contribution in [3.8, 4) is 0 Å². The topological polar surface area (TPSA) is 46.5 Å². The van der Waals surface area contributed by atoms with Gasteiger partial charge in [-0.2, -0.15) is 0 Å². The second kappa shape index (κ2) is 8.72. The number of esters is 1. The van der Waals surface area contributed by atoms with Crippen molar-refractivity contribution in [2.24, 2.45) is 5.92 Å². The standard InChI is InChI=1S/C12H24O3/c1-10(2)8-6-4-5-7-9-15-12(14)11(3)13/h10-11,13H,4-9H2,1-3H3. The van der Waals surface area contributed by atoms with Crippen LogP contribution in [0.3, 0.4) is 0 Å². The lowest BCUT2D eigenvalue weighted by Gasteiger charge is -2.06. The first-order valence-corrected chi connectivity index (χ1v) is 5.88. The molecule has 0 heterocycles. The Bertz CT molecular complexity index is 164. The monoisotopic (exact) mass is 216 g/mol. The highest BCUT2D eigenvalue weighted by atomic mass is 16.5. The van der Waals surface area contributed by atoms with Crippen LogP contribution in [0.4, 0.5) is 0 Å². The van der Waals surface area contributed by atoms with E-state index in [4.69, 9.17) is 9.84 Å². The minimum Gasteiger partial charge on any atom is -0.464 e. The van der Waals surface area contributed by atoms with E-state index in [1.807, 2.05) is 0 Å². The molecule has 0 aromatic heterocycles. The molecule has 15 heavy (non-hydrogen) atoms. The smallest absolute Gasteiger partial charge is 0.334 e. The normalized spacial score (nSPS) is 12.9. The predicted molar refractivity (Wildman–Crippen MR) is 60.6 cm³/mol. The van der Waals surface area contributed by atoms with Gasteiger partial charge in [0.2, 0.25) is 0 Å². The van der Waals surface area contributed by atoms with Gasteiger partial charge < -0.3 is 9.84 Å². The van der Waals surface area contributed by atoms with Gasteiger partial charge in [-0.05, 0) is 19.3 Å². The zero-order valence-electron chi connectivity index (χ0n) is 10.2. The zero-order chi connectivity index (χ0) is 11.7. The maximum absolute atomic E-state index is 10.8. The van der Waals surface area contributed by atoms with Crippen LogP contribution in [-0.2, 0) is 9.53 Å². The van der Waals surface area contributed by atoms with E-state index in [0.717, 1.165) is 18.8 Å². The maximum atomic E-state index is 10.8. The Morgan fingerprint density at radius 2 is 1.73 bits per heavy atom. The van der Waals surface area contributed by atoms with Crippen LogP contribution >= 0.6 is 0 Å². The summed E-state index contributed by atoms with van der Waals surface area (Å²) in [6, 6.07) is 0. The summed E-state index contributed by atoms with van der Waals surface area (Å²) in [5.41, 5.74) is 0. The third kappa shape index (κ3) is 9.73. The summed E-state index contributed by atoms with van der Waals surface area (Å²) >= 11 is 0. The number of hydrogen-bond donors (Lipinski definition) is 1. The summed E-state index contributed by atoms with van der Waals surface area (Å²) in [5.74, 6) is 0.259. The molecular weight excluding hydrogens is 192 g/mol. The Labute approximate surface area is 92.8 Å². The lowest BCUT2D eigenvalue weighted by Crippen LogP contribution is -2.19. The van der Waals surface area contributed by atoms with Crippen LogP contribution in [0.1, 0.15) is 52.9 Å². The molecule has 0 aromatic carbocycles. The number of unbranched alkanes of at least 4 members (excludes halogenated alkanes) is 3. The van der Waals surface area contributed by atoms with Crippen molar-refractivity contribution in [3.63, 3.8) is 0 Å². The molecule has 3 heteroatoms. The largest absolute Gasteiger partial charge is 0.464 e. The fourth-order valence-corrected chi connectivity index (χ4v) is 1.30. The van der Waals surface area contributed by atoms with Crippen LogP contribution in [0, 0.1) is 5.92 Å². The van der Waals surface area contributed by atoms with Crippen LogP contribution in [0.5, 0.6) is 0 Å². The van der Waals surface area contributed by atoms with Crippen molar-refractivity contribution in [1.82, 2.24) is 0 Å². The first-order valence-electron chi connectivity index (χ1n) is 5.88. The van der Waals surface area contributed by atoms with Crippen molar-refractivity contribution in [3.05, 3.63) is 0 Å². The average Bonchev–Trinajstić information content (AvgIpc) is 2.15. The van der Waals surface area contributed by atoms with Gasteiger partial charge >= 0.3 is 5.97 Å². The number of aliphatic hydroxyl groups is 1. The molecule has 0 aliphatic carbocycles. The molecule has 0 saturated heterocycles. The fraction of sp³-hybridized carbons (Fsp3) is 0.917. The summed E-state index contributed by atoms with van der Waals surface area (Å²) < 4.78 is 4.84. The molecule has 0 spiro atoms. The van der Waals surface area contributed by atoms with E-state index in [0.29, 0.717) is 6.61 Å². The molecule has 0 aromatic rings. The highest BCUT2D eigenvalue weighted by Crippen LogP contribution is 2.09. The third-order valence-corrected chi connectivity index (χ3v) is 2.26. The van der Waals surface area contributed by atoms with E-state index < -0.39 is 12.1 Å². The van der Waals surface area contributed by atoms with Gasteiger partial charge in [0.25, 0.3) is 0 Å². The van der Waals surface area contributed by atoms with Crippen molar-refractivity contribution in [1.29, 1.82) is 0 Å². The first-order chi connectivity index (χ1) is 7.04. The van der Waals surface area contributed by atoms with Crippen molar-refractivity contribution in [2.45, 2.75) is 59.0 Å². The number of aliphatic hydroxyl groups excluding tert-OH is 1. The summed E-state index contributed by atoms with van der Waals surface area (Å²) in [6.07, 6.45) is 4.72. The Morgan fingerprint density at radius 3 is 2.27 bits per heavy atom. The van der Waals surface area contributed by atoms with Gasteiger partial charge in [-0.25, -0.2) is 4.79 Å². The highest BCUT2D eigenvalue weighted by Gasteiger charge is 2.08. The summed E-state index contributed by atoms with van der Waals surface area (Å²) in [6.45, 7) is 6.31.